The summed E-state index contributed by atoms with van der Waals surface area (Å²) in [7, 11) is 4.04. The lowest BCUT2D eigenvalue weighted by Crippen LogP contribution is -1.84. The first kappa shape index (κ1) is 94.0. The van der Waals surface area contributed by atoms with E-state index < -0.39 is 0 Å². The number of nitrogens with zero attached hydrogens (tertiary/aromatic N) is 4. The molecule has 0 unspecified atom stereocenters. The van der Waals surface area contributed by atoms with E-state index in [-0.39, 0.29) is 0 Å². The predicted molar refractivity (Wildman–Crippen MR) is 393 cm³/mol. The van der Waals surface area contributed by atoms with Gasteiger partial charge >= 0.3 is 0 Å². The molecule has 12 aromatic heterocycles. The van der Waals surface area contributed by atoms with E-state index in [4.69, 9.17) is 17.7 Å². The lowest BCUT2D eigenvalue weighted by molar-refractivity contribution is 0.397. The van der Waals surface area contributed by atoms with E-state index in [1.807, 2.05) is 242 Å². The van der Waals surface area contributed by atoms with Crippen LogP contribution in [0.4, 0.5) is 0 Å². The van der Waals surface area contributed by atoms with Crippen molar-refractivity contribution in [2.24, 2.45) is 14.1 Å². The Bertz CT molecular complexity index is 2140. The van der Waals surface area contributed by atoms with E-state index in [2.05, 4.69) is 128 Å². The Morgan fingerprint density at radius 1 is 0.379 bits per heavy atom. The van der Waals surface area contributed by atoms with Crippen molar-refractivity contribution in [3.05, 3.63) is 270 Å². The van der Waals surface area contributed by atoms with E-state index in [0.29, 0.717) is 0 Å². The maximum atomic E-state index is 4.83. The minimum absolute atomic E-state index is 0.856. The van der Waals surface area contributed by atoms with Crippen LogP contribution in [0.15, 0.2) is 231 Å². The maximum absolute atomic E-state index is 4.83. The first-order chi connectivity index (χ1) is 42.1. The molecule has 87 heavy (non-hydrogen) atoms. The lowest BCUT2D eigenvalue weighted by Gasteiger charge is -1.89. The van der Waals surface area contributed by atoms with Gasteiger partial charge in [-0.2, -0.15) is 27.0 Å². The summed E-state index contributed by atoms with van der Waals surface area (Å²) in [5, 5.41) is 18.0. The van der Waals surface area contributed by atoms with Crippen LogP contribution >= 0.6 is 56.9 Å². The molecule has 0 atom stereocenters. The molecule has 488 valence electrons. The van der Waals surface area contributed by atoms with Crippen LogP contribution in [0.1, 0.15) is 158 Å². The Morgan fingerprint density at radius 2 is 0.816 bits per heavy atom. The molecule has 14 heteroatoms. The monoisotopic (exact) mass is 1290 g/mol. The molecular formula is C73H116N4O5S5. The number of hydrogen-bond acceptors (Lipinski definition) is 12. The molecule has 0 aromatic carbocycles. The highest BCUT2D eigenvalue weighted by Crippen LogP contribution is 2.05. The third-order valence-electron chi connectivity index (χ3n) is 8.40. The van der Waals surface area contributed by atoms with Gasteiger partial charge in [0.1, 0.15) is 17.3 Å². The van der Waals surface area contributed by atoms with E-state index >= 15 is 0 Å². The highest BCUT2D eigenvalue weighted by atomic mass is 32.1. The van der Waals surface area contributed by atoms with Gasteiger partial charge in [-0.1, -0.05) is 114 Å². The van der Waals surface area contributed by atoms with Gasteiger partial charge in [-0.3, -0.25) is 0 Å². The molecule has 0 N–H and O–H groups in total. The zero-order valence-electron chi connectivity index (χ0n) is 58.6. The number of furan rings is 4. The molecule has 0 fully saturated rings. The summed E-state index contributed by atoms with van der Waals surface area (Å²) in [5.41, 5.74) is 7.49. The quantitative estimate of drug-likeness (QED) is 0.149. The van der Waals surface area contributed by atoms with Crippen LogP contribution in [-0.2, 0) is 14.1 Å². The summed E-state index contributed by atoms with van der Waals surface area (Å²) in [6.07, 6.45) is 17.7. The minimum atomic E-state index is 0.856. The van der Waals surface area contributed by atoms with Gasteiger partial charge in [0.05, 0.1) is 49.5 Å². The molecule has 12 rings (SSSR count). The van der Waals surface area contributed by atoms with Gasteiger partial charge in [0.2, 0.25) is 0 Å². The Labute approximate surface area is 551 Å². The van der Waals surface area contributed by atoms with Crippen LogP contribution in [0, 0.1) is 76.2 Å². The Hall–Kier alpha value is -6.68. The second-order valence-corrected chi connectivity index (χ2v) is 20.0. The fourth-order valence-corrected chi connectivity index (χ4v) is 7.23. The average Bonchev–Trinajstić information content (AvgIpc) is 4.37. The van der Waals surface area contributed by atoms with Crippen molar-refractivity contribution in [2.75, 3.05) is 0 Å². The number of aromatic nitrogens is 4. The number of rotatable bonds is 0. The van der Waals surface area contributed by atoms with E-state index in [1.54, 1.807) is 95.2 Å². The molecule has 0 saturated heterocycles. The van der Waals surface area contributed by atoms with Crippen molar-refractivity contribution < 1.29 is 22.2 Å². The van der Waals surface area contributed by atoms with Crippen LogP contribution in [-0.4, -0.2) is 18.7 Å². The predicted octanol–water partition coefficient (Wildman–Crippen LogP) is 26.6. The Morgan fingerprint density at radius 3 is 0.908 bits per heavy atom. The zero-order chi connectivity index (χ0) is 67.7. The van der Waals surface area contributed by atoms with Crippen molar-refractivity contribution >= 4 is 56.9 Å². The minimum Gasteiger partial charge on any atom is -0.472 e. The van der Waals surface area contributed by atoms with Gasteiger partial charge in [0.25, 0.3) is 0 Å². The molecule has 0 bridgehead atoms. The van der Waals surface area contributed by atoms with Gasteiger partial charge in [-0.05, 0) is 233 Å². The van der Waals surface area contributed by atoms with Gasteiger partial charge in [0, 0.05) is 59.6 Å². The molecule has 0 spiro atoms. The van der Waals surface area contributed by atoms with E-state index in [9.17, 15) is 0 Å². The van der Waals surface area contributed by atoms with Crippen molar-refractivity contribution in [2.45, 2.75) is 173 Å². The zero-order valence-corrected chi connectivity index (χ0v) is 62.7. The molecule has 12 heterocycles. The largest absolute Gasteiger partial charge is 0.472 e. The first-order valence-electron chi connectivity index (χ1n) is 30.0. The standard InChI is InChI=1S/C6H9N.C5H7N.4C5H6O.4C5H6S.C4H5NO.C4H5NS.7C2H6/c1-6-4-3-5-7(6)2;1-6-4-2-3-5-6;2*1-5-2-3-6-4-5;2*1-5-3-2-4-6-5;2*1-5-2-3-6-4-5;2*1-5-3-2-4-6-5;1-4-2-3-5-6-4;1-4-2-3-6-5-4;7*1-2/h3-5H,1-2H3;2-5H,1H3;8*2-4H,1H3;2*2-3H,1H3;7*1-2H3. The average molecular weight is 1290 g/mol. The summed E-state index contributed by atoms with van der Waals surface area (Å²) >= 11 is 8.52. The lowest BCUT2D eigenvalue weighted by atomic mass is 10.4. The molecule has 9 nitrogen and oxygen atoms in total. The van der Waals surface area contributed by atoms with Gasteiger partial charge in [0.15, 0.2) is 0 Å². The van der Waals surface area contributed by atoms with E-state index in [1.165, 1.54) is 49.2 Å². The summed E-state index contributed by atoms with van der Waals surface area (Å²) in [6, 6.07) is 35.8. The van der Waals surface area contributed by atoms with Gasteiger partial charge in [-0.25, -0.2) is 0 Å². The van der Waals surface area contributed by atoms with Crippen molar-refractivity contribution in [1.82, 2.24) is 18.7 Å². The van der Waals surface area contributed by atoms with Crippen LogP contribution in [0.25, 0.3) is 0 Å². The molecule has 0 saturated carbocycles. The Balaban J connectivity index is -0.000000158. The van der Waals surface area contributed by atoms with Crippen LogP contribution in [0.5, 0.6) is 0 Å². The van der Waals surface area contributed by atoms with Crippen molar-refractivity contribution in [1.29, 1.82) is 0 Å². The second-order valence-electron chi connectivity index (χ2n) is 15.5. The van der Waals surface area contributed by atoms with Crippen LogP contribution < -0.4 is 0 Å². The summed E-state index contributed by atoms with van der Waals surface area (Å²) in [5.74, 6) is 2.79. The molecular weight excluding hydrogens is 1170 g/mol. The smallest absolute Gasteiger partial charge is 0.133 e. The molecule has 12 aromatic rings. The van der Waals surface area contributed by atoms with Gasteiger partial charge < -0.3 is 31.3 Å². The molecule has 0 aliphatic heterocycles. The fraction of sp³-hybridized carbons (Fsp3) is 0.370. The summed E-state index contributed by atoms with van der Waals surface area (Å²) in [4.78, 5) is 2.77. The second kappa shape index (κ2) is 77.3. The third kappa shape index (κ3) is 73.5. The van der Waals surface area contributed by atoms with E-state index in [0.717, 1.165) is 23.0 Å². The first-order valence-corrected chi connectivity index (χ1v) is 34.5. The summed E-state index contributed by atoms with van der Waals surface area (Å²) < 4.78 is 31.7. The normalized spacial score (nSPS) is 7.94. The van der Waals surface area contributed by atoms with Crippen LogP contribution in [0.2, 0.25) is 0 Å². The SMILES string of the molecule is CC.CC.CC.CC.CC.CC.CC.Cc1cccn1C.Cc1ccco1.Cc1ccco1.Cc1cccs1.Cc1cccs1.Cc1ccno1.Cc1ccoc1.Cc1ccoc1.Cc1ccsc1.Cc1ccsc1.Cc1ccsn1.Cn1cccc1. The highest BCUT2D eigenvalue weighted by molar-refractivity contribution is 7.10. The topological polar surface area (TPSA) is 101 Å². The molecule has 0 aliphatic carbocycles. The molecule has 0 amide bonds. The summed E-state index contributed by atoms with van der Waals surface area (Å²) in [6.45, 7) is 50.1. The highest BCUT2D eigenvalue weighted by Gasteiger charge is 1.83. The Kier molecular flexibility index (Phi) is 83.6. The number of hydrogen-bond donors (Lipinski definition) is 0. The molecule has 0 radical (unpaired) electrons. The number of aryl methyl sites for hydroxylation is 13. The van der Waals surface area contributed by atoms with Crippen LogP contribution in [0.3, 0.4) is 0 Å². The maximum Gasteiger partial charge on any atom is 0.133 e. The van der Waals surface area contributed by atoms with Crippen molar-refractivity contribution in [3.63, 3.8) is 0 Å². The molecule has 0 aliphatic rings. The third-order valence-corrected chi connectivity index (χ3v) is 12.3. The van der Waals surface area contributed by atoms with Crippen molar-refractivity contribution in [3.8, 4) is 0 Å². The fourth-order valence-electron chi connectivity index (χ4n) is 4.29. The van der Waals surface area contributed by atoms with Gasteiger partial charge in [-0.15, -0.1) is 22.7 Å². The number of thiophene rings is 4.